The molecular weight excluding hydrogens is 244 g/mol. The van der Waals surface area contributed by atoms with Crippen LogP contribution in [0.15, 0.2) is 34.7 Å². The summed E-state index contributed by atoms with van der Waals surface area (Å²) < 4.78 is 5.50. The highest BCUT2D eigenvalue weighted by atomic mass is 16.4. The molecule has 0 spiro atoms. The number of hydrogen-bond acceptors (Lipinski definition) is 5. The Bertz CT molecular complexity index is 524. The van der Waals surface area contributed by atoms with Gasteiger partial charge in [-0.3, -0.25) is 10.1 Å². The molecule has 0 saturated heterocycles. The molecule has 2 N–H and O–H groups in total. The van der Waals surface area contributed by atoms with Gasteiger partial charge in [-0.1, -0.05) is 18.2 Å². The summed E-state index contributed by atoms with van der Waals surface area (Å²) in [5.74, 6) is 0.892. The van der Waals surface area contributed by atoms with Gasteiger partial charge in [0, 0.05) is 12.1 Å². The van der Waals surface area contributed by atoms with Crippen LogP contribution in [0.2, 0.25) is 0 Å². The number of rotatable bonds is 6. The zero-order valence-electron chi connectivity index (χ0n) is 10.7. The topological polar surface area (TPSA) is 80.0 Å². The molecule has 6 nitrogen and oxygen atoms in total. The molecule has 0 unspecified atom stereocenters. The van der Waals surface area contributed by atoms with E-state index in [1.165, 1.54) is 0 Å². The van der Waals surface area contributed by atoms with Gasteiger partial charge in [-0.15, -0.1) is 10.2 Å². The highest BCUT2D eigenvalue weighted by Gasteiger charge is 2.08. The van der Waals surface area contributed by atoms with Crippen molar-refractivity contribution in [3.05, 3.63) is 36.2 Å². The van der Waals surface area contributed by atoms with Crippen LogP contribution in [0, 0.1) is 0 Å². The van der Waals surface area contributed by atoms with E-state index < -0.39 is 0 Å². The fourth-order valence-electron chi connectivity index (χ4n) is 1.57. The molecule has 0 radical (unpaired) electrons. The van der Waals surface area contributed by atoms with Gasteiger partial charge in [0.25, 0.3) is 0 Å². The zero-order valence-corrected chi connectivity index (χ0v) is 10.7. The third-order valence-corrected chi connectivity index (χ3v) is 2.42. The van der Waals surface area contributed by atoms with Crippen LogP contribution in [0.4, 0.5) is 0 Å². The Morgan fingerprint density at radius 1 is 1.26 bits per heavy atom. The quantitative estimate of drug-likeness (QED) is 0.808. The number of nitrogens with one attached hydrogen (secondary N) is 2. The molecular formula is C13H16N4O2. The molecule has 1 heterocycles. The number of likely N-dealkylation sites (N-methyl/N-ethyl adjacent to an activating group) is 1. The molecule has 0 bridgehead atoms. The Kier molecular flexibility index (Phi) is 4.63. The first kappa shape index (κ1) is 13.2. The minimum atomic E-state index is -0.0506. The second-order valence-electron chi connectivity index (χ2n) is 3.92. The average molecular weight is 260 g/mol. The second-order valence-corrected chi connectivity index (χ2v) is 3.92. The summed E-state index contributed by atoms with van der Waals surface area (Å²) >= 11 is 0. The van der Waals surface area contributed by atoms with E-state index >= 15 is 0 Å². The van der Waals surface area contributed by atoms with Gasteiger partial charge in [-0.2, -0.15) is 0 Å². The van der Waals surface area contributed by atoms with Gasteiger partial charge in [0.2, 0.25) is 17.7 Å². The van der Waals surface area contributed by atoms with Crippen LogP contribution in [-0.2, 0) is 11.3 Å². The first-order valence-corrected chi connectivity index (χ1v) is 6.15. The van der Waals surface area contributed by atoms with Gasteiger partial charge in [-0.25, -0.2) is 0 Å². The van der Waals surface area contributed by atoms with Gasteiger partial charge in [-0.05, 0) is 19.1 Å². The van der Waals surface area contributed by atoms with E-state index in [2.05, 4.69) is 20.8 Å². The molecule has 100 valence electrons. The molecule has 1 amide bonds. The Morgan fingerprint density at radius 2 is 2.05 bits per heavy atom. The maximum Gasteiger partial charge on any atom is 0.247 e. The molecule has 0 aliphatic carbocycles. The first-order chi connectivity index (χ1) is 9.29. The number of amides is 1. The van der Waals surface area contributed by atoms with Crippen molar-refractivity contribution < 1.29 is 9.21 Å². The second kappa shape index (κ2) is 6.65. The van der Waals surface area contributed by atoms with Gasteiger partial charge in [0.15, 0.2) is 0 Å². The number of carbonyl (C=O) groups is 1. The summed E-state index contributed by atoms with van der Waals surface area (Å²) in [4.78, 5) is 11.2. The predicted octanol–water partition coefficient (Wildman–Crippen LogP) is 0.962. The molecule has 19 heavy (non-hydrogen) atoms. The van der Waals surface area contributed by atoms with Crippen LogP contribution in [0.25, 0.3) is 11.5 Å². The van der Waals surface area contributed by atoms with Crippen molar-refractivity contribution >= 4 is 5.91 Å². The summed E-state index contributed by atoms with van der Waals surface area (Å²) in [5.41, 5.74) is 0.880. The van der Waals surface area contributed by atoms with Crippen LogP contribution in [0.3, 0.4) is 0 Å². The van der Waals surface area contributed by atoms with E-state index in [1.54, 1.807) is 0 Å². The molecule has 0 saturated carbocycles. The van der Waals surface area contributed by atoms with E-state index in [1.807, 2.05) is 37.3 Å². The van der Waals surface area contributed by atoms with E-state index in [0.717, 1.165) is 5.56 Å². The maximum absolute atomic E-state index is 11.2. The summed E-state index contributed by atoms with van der Waals surface area (Å²) in [5, 5.41) is 13.5. The molecule has 0 atom stereocenters. The lowest BCUT2D eigenvalue weighted by Gasteiger charge is -2.01. The monoisotopic (exact) mass is 260 g/mol. The SMILES string of the molecule is CCNC(=O)CNCc1nnc(-c2ccccc2)o1. The van der Waals surface area contributed by atoms with Crippen LogP contribution in [-0.4, -0.2) is 29.2 Å². The lowest BCUT2D eigenvalue weighted by molar-refractivity contribution is -0.120. The van der Waals surface area contributed by atoms with Crippen LogP contribution in [0.5, 0.6) is 0 Å². The van der Waals surface area contributed by atoms with Crippen molar-refractivity contribution in [3.8, 4) is 11.5 Å². The Labute approximate surface area is 111 Å². The molecule has 0 aliphatic rings. The van der Waals surface area contributed by atoms with Gasteiger partial charge in [0.05, 0.1) is 13.1 Å². The van der Waals surface area contributed by atoms with Crippen molar-refractivity contribution in [1.82, 2.24) is 20.8 Å². The van der Waals surface area contributed by atoms with Crippen molar-refractivity contribution in [2.75, 3.05) is 13.1 Å². The molecule has 0 aliphatic heterocycles. The normalized spacial score (nSPS) is 10.4. The maximum atomic E-state index is 11.2. The average Bonchev–Trinajstić information content (AvgIpc) is 2.89. The standard InChI is InChI=1S/C13H16N4O2/c1-2-15-11(18)8-14-9-12-16-17-13(19-12)10-6-4-3-5-7-10/h3-7,14H,2,8-9H2,1H3,(H,15,18). The largest absolute Gasteiger partial charge is 0.419 e. The van der Waals surface area contributed by atoms with Crippen LogP contribution < -0.4 is 10.6 Å². The van der Waals surface area contributed by atoms with Crippen molar-refractivity contribution in [2.24, 2.45) is 0 Å². The van der Waals surface area contributed by atoms with E-state index in [9.17, 15) is 4.79 Å². The number of nitrogens with zero attached hydrogens (tertiary/aromatic N) is 2. The van der Waals surface area contributed by atoms with Crippen molar-refractivity contribution in [2.45, 2.75) is 13.5 Å². The minimum Gasteiger partial charge on any atom is -0.419 e. The van der Waals surface area contributed by atoms with E-state index in [0.29, 0.717) is 24.9 Å². The minimum absolute atomic E-state index is 0.0506. The predicted molar refractivity (Wildman–Crippen MR) is 70.1 cm³/mol. The van der Waals surface area contributed by atoms with E-state index in [-0.39, 0.29) is 12.5 Å². The third-order valence-electron chi connectivity index (χ3n) is 2.42. The third kappa shape index (κ3) is 3.89. The number of hydrogen-bond donors (Lipinski definition) is 2. The zero-order chi connectivity index (χ0) is 13.5. The molecule has 1 aromatic heterocycles. The summed E-state index contributed by atoms with van der Waals surface area (Å²) in [6.45, 7) is 3.11. The molecule has 6 heteroatoms. The van der Waals surface area contributed by atoms with Gasteiger partial charge in [0.1, 0.15) is 0 Å². The number of carbonyl (C=O) groups excluding carboxylic acids is 1. The smallest absolute Gasteiger partial charge is 0.247 e. The number of benzene rings is 1. The van der Waals surface area contributed by atoms with Gasteiger partial charge < -0.3 is 9.73 Å². The Morgan fingerprint density at radius 3 is 2.79 bits per heavy atom. The molecule has 1 aromatic carbocycles. The van der Waals surface area contributed by atoms with Crippen molar-refractivity contribution in [1.29, 1.82) is 0 Å². The highest BCUT2D eigenvalue weighted by Crippen LogP contribution is 2.16. The van der Waals surface area contributed by atoms with Crippen LogP contribution >= 0.6 is 0 Å². The van der Waals surface area contributed by atoms with Gasteiger partial charge >= 0.3 is 0 Å². The van der Waals surface area contributed by atoms with Crippen LogP contribution in [0.1, 0.15) is 12.8 Å². The summed E-state index contributed by atoms with van der Waals surface area (Å²) in [6, 6.07) is 9.55. The summed E-state index contributed by atoms with van der Waals surface area (Å²) in [6.07, 6.45) is 0. The summed E-state index contributed by atoms with van der Waals surface area (Å²) in [7, 11) is 0. The highest BCUT2D eigenvalue weighted by molar-refractivity contribution is 5.77. The number of aromatic nitrogens is 2. The molecule has 2 aromatic rings. The fraction of sp³-hybridized carbons (Fsp3) is 0.308. The lowest BCUT2D eigenvalue weighted by atomic mass is 10.2. The Hall–Kier alpha value is -2.21. The van der Waals surface area contributed by atoms with Crippen molar-refractivity contribution in [3.63, 3.8) is 0 Å². The molecule has 0 fully saturated rings. The fourth-order valence-corrected chi connectivity index (χ4v) is 1.57. The first-order valence-electron chi connectivity index (χ1n) is 6.15. The Balaban J connectivity index is 1.86. The van der Waals surface area contributed by atoms with E-state index in [4.69, 9.17) is 4.42 Å². The molecule has 2 rings (SSSR count). The lowest BCUT2D eigenvalue weighted by Crippen LogP contribution is -2.33.